The maximum Gasteiger partial charge on any atom is 0.409 e. The van der Waals surface area contributed by atoms with Crippen LogP contribution in [0, 0.1) is 0 Å². The molecule has 2 aliphatic rings. The molecule has 0 aromatic heterocycles. The zero-order chi connectivity index (χ0) is 18.6. The molecule has 25 heavy (non-hydrogen) atoms. The molecule has 2 heterocycles. The van der Waals surface area contributed by atoms with Gasteiger partial charge in [-0.15, -0.1) is 0 Å². The molecule has 9 nitrogen and oxygen atoms in total. The first-order chi connectivity index (χ1) is 11.8. The standard InChI is InChI=1S/C16H29NO8/c1-16(2,3)25-15(18)17-14-13-12(22-8-23-14)11(21-6)10(20-5)9(24-13)7-19-4/h9-14H,7-8H2,1-6H3,(H,17,18)/t9-,10-,11+,12-,13+,14+/m1/s1. The van der Waals surface area contributed by atoms with Crippen molar-refractivity contribution in [3.8, 4) is 0 Å². The van der Waals surface area contributed by atoms with Crippen LogP contribution in [0.2, 0.25) is 0 Å². The predicted octanol–water partition coefficient (Wildman–Crippen LogP) is 0.654. The van der Waals surface area contributed by atoms with Gasteiger partial charge in [0.25, 0.3) is 0 Å². The van der Waals surface area contributed by atoms with Crippen LogP contribution in [-0.4, -0.2) is 83.2 Å². The number of fused-ring (bicyclic) bond motifs is 1. The van der Waals surface area contributed by atoms with Gasteiger partial charge in [0.1, 0.15) is 42.9 Å². The van der Waals surface area contributed by atoms with Crippen LogP contribution in [0.1, 0.15) is 20.8 Å². The Hall–Kier alpha value is -0.970. The number of nitrogens with one attached hydrogen (secondary N) is 1. The number of rotatable bonds is 5. The molecule has 0 saturated carbocycles. The Morgan fingerprint density at radius 3 is 2.32 bits per heavy atom. The van der Waals surface area contributed by atoms with Crippen LogP contribution in [0.4, 0.5) is 4.79 Å². The average Bonchev–Trinajstić information content (AvgIpc) is 2.52. The molecule has 0 aromatic carbocycles. The van der Waals surface area contributed by atoms with E-state index in [0.717, 1.165) is 0 Å². The van der Waals surface area contributed by atoms with Crippen molar-refractivity contribution in [3.63, 3.8) is 0 Å². The van der Waals surface area contributed by atoms with E-state index in [1.165, 1.54) is 0 Å². The second kappa shape index (κ2) is 8.61. The van der Waals surface area contributed by atoms with Gasteiger partial charge in [0.2, 0.25) is 0 Å². The van der Waals surface area contributed by atoms with Gasteiger partial charge in [0.15, 0.2) is 6.23 Å². The molecule has 1 amide bonds. The monoisotopic (exact) mass is 363 g/mol. The summed E-state index contributed by atoms with van der Waals surface area (Å²) in [5, 5.41) is 2.69. The smallest absolute Gasteiger partial charge is 0.409 e. The Kier molecular flexibility index (Phi) is 7.01. The molecular formula is C16H29NO8. The van der Waals surface area contributed by atoms with Crippen LogP contribution in [0.15, 0.2) is 0 Å². The van der Waals surface area contributed by atoms with Crippen LogP contribution < -0.4 is 5.32 Å². The number of carbonyl (C=O) groups is 1. The second-order valence-corrected chi connectivity index (χ2v) is 6.98. The second-order valence-electron chi connectivity index (χ2n) is 6.98. The maximum absolute atomic E-state index is 12.1. The lowest BCUT2D eigenvalue weighted by atomic mass is 9.93. The number of alkyl carbamates (subject to hydrolysis) is 1. The van der Waals surface area contributed by atoms with Gasteiger partial charge in [-0.1, -0.05) is 0 Å². The van der Waals surface area contributed by atoms with E-state index in [4.69, 9.17) is 33.2 Å². The Balaban J connectivity index is 2.13. The Morgan fingerprint density at radius 1 is 1.08 bits per heavy atom. The van der Waals surface area contributed by atoms with Crippen LogP contribution in [0.25, 0.3) is 0 Å². The zero-order valence-corrected chi connectivity index (χ0v) is 15.6. The summed E-state index contributed by atoms with van der Waals surface area (Å²) < 4.78 is 38.9. The van der Waals surface area contributed by atoms with Crippen molar-refractivity contribution in [3.05, 3.63) is 0 Å². The summed E-state index contributed by atoms with van der Waals surface area (Å²) >= 11 is 0. The lowest BCUT2D eigenvalue weighted by Gasteiger charge is -2.49. The molecule has 2 saturated heterocycles. The SMILES string of the molecule is COC[C@H]1O[C@H]2[C@H](OCO[C@@H]2NC(=O)OC(C)(C)C)[C@@H](OC)[C@@H]1OC. The minimum Gasteiger partial charge on any atom is -0.444 e. The fourth-order valence-corrected chi connectivity index (χ4v) is 3.06. The Labute approximate surface area is 148 Å². The van der Waals surface area contributed by atoms with E-state index in [1.807, 2.05) is 0 Å². The van der Waals surface area contributed by atoms with E-state index < -0.39 is 42.3 Å². The first-order valence-corrected chi connectivity index (χ1v) is 8.23. The lowest BCUT2D eigenvalue weighted by Crippen LogP contribution is -2.68. The molecule has 2 fully saturated rings. The summed E-state index contributed by atoms with van der Waals surface area (Å²) in [4.78, 5) is 12.1. The third kappa shape index (κ3) is 5.02. The first kappa shape index (κ1) is 20.3. The molecule has 2 aliphatic heterocycles. The average molecular weight is 363 g/mol. The third-order valence-electron chi connectivity index (χ3n) is 4.01. The number of ether oxygens (including phenoxy) is 7. The fourth-order valence-electron chi connectivity index (χ4n) is 3.06. The van der Waals surface area contributed by atoms with Crippen molar-refractivity contribution >= 4 is 6.09 Å². The number of carbonyl (C=O) groups excluding carboxylic acids is 1. The van der Waals surface area contributed by atoms with Crippen molar-refractivity contribution in [2.45, 2.75) is 63.1 Å². The fraction of sp³-hybridized carbons (Fsp3) is 0.938. The Bertz CT molecular complexity index is 440. The van der Waals surface area contributed by atoms with Crippen molar-refractivity contribution in [2.75, 3.05) is 34.7 Å². The van der Waals surface area contributed by atoms with Gasteiger partial charge in [-0.05, 0) is 20.8 Å². The van der Waals surface area contributed by atoms with E-state index in [2.05, 4.69) is 5.32 Å². The summed E-state index contributed by atoms with van der Waals surface area (Å²) in [5.41, 5.74) is -0.614. The van der Waals surface area contributed by atoms with Gasteiger partial charge in [-0.3, -0.25) is 5.32 Å². The number of amides is 1. The van der Waals surface area contributed by atoms with Crippen LogP contribution in [0.3, 0.4) is 0 Å². The van der Waals surface area contributed by atoms with Gasteiger partial charge in [-0.25, -0.2) is 4.79 Å². The highest BCUT2D eigenvalue weighted by molar-refractivity contribution is 5.68. The molecule has 9 heteroatoms. The molecule has 6 atom stereocenters. The van der Waals surface area contributed by atoms with Gasteiger partial charge >= 0.3 is 6.09 Å². The van der Waals surface area contributed by atoms with Crippen LogP contribution in [0.5, 0.6) is 0 Å². The molecule has 0 aliphatic carbocycles. The maximum atomic E-state index is 12.1. The number of methoxy groups -OCH3 is 3. The van der Waals surface area contributed by atoms with Crippen LogP contribution >= 0.6 is 0 Å². The molecule has 0 bridgehead atoms. The topological polar surface area (TPSA) is 93.7 Å². The zero-order valence-electron chi connectivity index (χ0n) is 15.6. The highest BCUT2D eigenvalue weighted by Crippen LogP contribution is 2.32. The molecule has 146 valence electrons. The summed E-state index contributed by atoms with van der Waals surface area (Å²) in [5.74, 6) is 0. The summed E-state index contributed by atoms with van der Waals surface area (Å²) in [6.45, 7) is 5.67. The minimum absolute atomic E-state index is 0.00374. The van der Waals surface area contributed by atoms with E-state index in [0.29, 0.717) is 6.61 Å². The van der Waals surface area contributed by atoms with Gasteiger partial charge in [0.05, 0.1) is 6.61 Å². The molecular weight excluding hydrogens is 334 g/mol. The van der Waals surface area contributed by atoms with Crippen molar-refractivity contribution < 1.29 is 38.0 Å². The van der Waals surface area contributed by atoms with E-state index >= 15 is 0 Å². The third-order valence-corrected chi connectivity index (χ3v) is 4.01. The van der Waals surface area contributed by atoms with Gasteiger partial charge < -0.3 is 33.2 Å². The number of hydrogen-bond acceptors (Lipinski definition) is 8. The lowest BCUT2D eigenvalue weighted by molar-refractivity contribution is -0.327. The molecule has 1 N–H and O–H groups in total. The van der Waals surface area contributed by atoms with Crippen LogP contribution in [-0.2, 0) is 33.2 Å². The van der Waals surface area contributed by atoms with E-state index in [1.54, 1.807) is 42.1 Å². The molecule has 0 unspecified atom stereocenters. The highest BCUT2D eigenvalue weighted by atomic mass is 16.7. The normalized spacial score (nSPS) is 35.8. The van der Waals surface area contributed by atoms with Crippen molar-refractivity contribution in [1.82, 2.24) is 5.32 Å². The van der Waals surface area contributed by atoms with E-state index in [9.17, 15) is 4.79 Å². The predicted molar refractivity (Wildman–Crippen MR) is 86.1 cm³/mol. The molecule has 0 aromatic rings. The number of hydrogen-bond donors (Lipinski definition) is 1. The van der Waals surface area contributed by atoms with Gasteiger partial charge in [-0.2, -0.15) is 0 Å². The molecule has 0 radical (unpaired) electrons. The molecule has 0 spiro atoms. The highest BCUT2D eigenvalue weighted by Gasteiger charge is 2.52. The summed E-state index contributed by atoms with van der Waals surface area (Å²) in [6, 6.07) is 0. The minimum atomic E-state index is -0.733. The van der Waals surface area contributed by atoms with Crippen molar-refractivity contribution in [1.29, 1.82) is 0 Å². The largest absolute Gasteiger partial charge is 0.444 e. The van der Waals surface area contributed by atoms with E-state index in [-0.39, 0.29) is 12.9 Å². The quantitative estimate of drug-likeness (QED) is 0.761. The first-order valence-electron chi connectivity index (χ1n) is 8.23. The van der Waals surface area contributed by atoms with Crippen molar-refractivity contribution in [2.24, 2.45) is 0 Å². The molecule has 2 rings (SSSR count). The summed E-state index contributed by atoms with van der Waals surface area (Å²) in [7, 11) is 4.74. The Morgan fingerprint density at radius 2 is 1.76 bits per heavy atom. The van der Waals surface area contributed by atoms with Gasteiger partial charge in [0, 0.05) is 21.3 Å². The summed E-state index contributed by atoms with van der Waals surface area (Å²) in [6.07, 6.45) is -3.53.